The minimum Gasteiger partial charge on any atom is -1.00 e. The fourth-order valence-electron chi connectivity index (χ4n) is 6.23. The van der Waals surface area contributed by atoms with Crippen molar-refractivity contribution in [2.24, 2.45) is 0 Å². The van der Waals surface area contributed by atoms with Crippen LogP contribution in [0.1, 0.15) is 181 Å². The lowest BCUT2D eigenvalue weighted by Crippen LogP contribution is -3.00. The molecule has 0 fully saturated rings. The largest absolute Gasteiger partial charge is 1.00 e. The van der Waals surface area contributed by atoms with E-state index in [1.54, 1.807) is 0 Å². The van der Waals surface area contributed by atoms with Crippen molar-refractivity contribution in [3.05, 3.63) is 49.1 Å². The fourth-order valence-corrected chi connectivity index (χ4v) is 8.03. The van der Waals surface area contributed by atoms with E-state index < -0.39 is 0 Å². The number of pyridine rings is 2. The van der Waals surface area contributed by atoms with Crippen molar-refractivity contribution in [2.45, 2.75) is 204 Å². The van der Waals surface area contributed by atoms with Crippen LogP contribution in [0.4, 0.5) is 0 Å². The van der Waals surface area contributed by atoms with Crippen LogP contribution in [-0.4, -0.2) is 11.5 Å². The van der Waals surface area contributed by atoms with E-state index >= 15 is 0 Å². The van der Waals surface area contributed by atoms with Crippen molar-refractivity contribution in [3.63, 3.8) is 0 Å². The topological polar surface area (TPSA) is 7.76 Å². The van der Waals surface area contributed by atoms with Gasteiger partial charge in [-0.05, 0) is 37.2 Å². The molecular formula is C42H74I2N2S2. The maximum Gasteiger partial charge on any atom is 0.169 e. The molecule has 0 N–H and O–H groups in total. The van der Waals surface area contributed by atoms with Crippen molar-refractivity contribution in [1.82, 2.24) is 0 Å². The average Bonchev–Trinajstić information content (AvgIpc) is 3.08. The predicted octanol–water partition coefficient (Wildman–Crippen LogP) is 7.34. The Kier molecular flexibility index (Phi) is 37.6. The Morgan fingerprint density at radius 1 is 0.354 bits per heavy atom. The third kappa shape index (κ3) is 29.1. The molecule has 0 bridgehead atoms. The number of aryl methyl sites for hydroxylation is 2. The zero-order chi connectivity index (χ0) is 32.6. The second kappa shape index (κ2) is 37.2. The summed E-state index contributed by atoms with van der Waals surface area (Å²) < 4.78 is 4.75. The van der Waals surface area contributed by atoms with Gasteiger partial charge in [0.05, 0.1) is 0 Å². The highest BCUT2D eigenvalue weighted by Gasteiger charge is 2.04. The van der Waals surface area contributed by atoms with Crippen LogP contribution in [0.25, 0.3) is 0 Å². The second-order valence-corrected chi connectivity index (χ2v) is 16.1. The third-order valence-electron chi connectivity index (χ3n) is 9.34. The van der Waals surface area contributed by atoms with Gasteiger partial charge in [-0.3, -0.25) is 0 Å². The molecule has 0 saturated carbocycles. The number of halogens is 2. The van der Waals surface area contributed by atoms with E-state index in [1.807, 2.05) is 23.5 Å². The maximum atomic E-state index is 2.38. The number of aromatic nitrogens is 2. The first-order valence-corrected chi connectivity index (χ1v) is 22.0. The van der Waals surface area contributed by atoms with Crippen LogP contribution in [0.5, 0.6) is 0 Å². The minimum absolute atomic E-state index is 0. The summed E-state index contributed by atoms with van der Waals surface area (Å²) in [4.78, 5) is 2.86. The number of thioether (sulfide) groups is 2. The molecule has 48 heavy (non-hydrogen) atoms. The summed E-state index contributed by atoms with van der Waals surface area (Å²) in [7, 11) is 0. The van der Waals surface area contributed by atoms with Gasteiger partial charge in [0.25, 0.3) is 0 Å². The molecule has 0 aliphatic heterocycles. The molecule has 0 atom stereocenters. The third-order valence-corrected chi connectivity index (χ3v) is 11.5. The normalized spacial score (nSPS) is 11.0. The first-order valence-electron chi connectivity index (χ1n) is 20.1. The van der Waals surface area contributed by atoms with Crippen molar-refractivity contribution < 1.29 is 57.1 Å². The Hall–Kier alpha value is 0.460. The van der Waals surface area contributed by atoms with Crippen LogP contribution in [0.3, 0.4) is 0 Å². The van der Waals surface area contributed by atoms with Gasteiger partial charge >= 0.3 is 0 Å². The number of unbranched alkanes of at least 4 members (excludes halogenated alkanes) is 23. The van der Waals surface area contributed by atoms with E-state index in [2.05, 4.69) is 72.0 Å². The van der Waals surface area contributed by atoms with Gasteiger partial charge in [-0.25, -0.2) is 9.13 Å². The summed E-state index contributed by atoms with van der Waals surface area (Å²) in [5.74, 6) is 2.51. The lowest BCUT2D eigenvalue weighted by Gasteiger charge is -2.04. The van der Waals surface area contributed by atoms with Crippen molar-refractivity contribution in [2.75, 3.05) is 11.5 Å². The summed E-state index contributed by atoms with van der Waals surface area (Å²) in [5.41, 5.74) is 0. The van der Waals surface area contributed by atoms with Gasteiger partial charge in [0.2, 0.25) is 0 Å². The predicted molar refractivity (Wildman–Crippen MR) is 206 cm³/mol. The zero-order valence-electron chi connectivity index (χ0n) is 31.3. The molecule has 2 heterocycles. The molecule has 0 saturated heterocycles. The molecule has 6 heteroatoms. The highest BCUT2D eigenvalue weighted by molar-refractivity contribution is 7.99. The Labute approximate surface area is 342 Å². The van der Waals surface area contributed by atoms with Gasteiger partial charge in [0, 0.05) is 46.9 Å². The van der Waals surface area contributed by atoms with Crippen molar-refractivity contribution in [3.8, 4) is 0 Å². The van der Waals surface area contributed by atoms with Crippen molar-refractivity contribution in [1.29, 1.82) is 0 Å². The second-order valence-electron chi connectivity index (χ2n) is 13.7. The quantitative estimate of drug-likeness (QED) is 0.0321. The highest BCUT2D eigenvalue weighted by Crippen LogP contribution is 2.21. The summed E-state index contributed by atoms with van der Waals surface area (Å²) in [5, 5.41) is 0. The van der Waals surface area contributed by atoms with Gasteiger partial charge in [0.15, 0.2) is 24.8 Å². The van der Waals surface area contributed by atoms with Crippen LogP contribution >= 0.6 is 23.5 Å². The number of rotatable bonds is 33. The zero-order valence-corrected chi connectivity index (χ0v) is 37.2. The fraction of sp³-hybridized carbons (Fsp3) is 0.762. The molecule has 0 amide bonds. The number of nitrogens with zero attached hydrogens (tertiary/aromatic N) is 2. The highest BCUT2D eigenvalue weighted by atomic mass is 127. The van der Waals surface area contributed by atoms with Crippen LogP contribution in [0.2, 0.25) is 0 Å². The van der Waals surface area contributed by atoms with Crippen LogP contribution in [0, 0.1) is 0 Å². The molecule has 2 rings (SSSR count). The van der Waals surface area contributed by atoms with E-state index in [4.69, 9.17) is 0 Å². The van der Waals surface area contributed by atoms with E-state index in [9.17, 15) is 0 Å². The molecule has 2 aromatic rings. The standard InChI is InChI=1S/C42H74N2S2.2HI/c1-3-5-7-9-11-13-15-17-21-25-33-43-35-29-41(30-36-43)45-39-27-23-19-20-24-28-40-46-42-31-37-44(38-32-42)34-26-22-18-16-14-12-10-8-6-4-2;;/h29-32,35-38H,3-28,33-34,39-40H2,1-2H3;2*1H/q+2;;/p-2. The summed E-state index contributed by atoms with van der Waals surface area (Å²) in [6, 6.07) is 9.29. The SMILES string of the molecule is CCCCCCCCCCCC[n+]1ccc(SCCCCCCCCSc2cc[n+](CCCCCCCCCCCC)cc2)cc1.[I-].[I-]. The van der Waals surface area contributed by atoms with Gasteiger partial charge in [-0.2, -0.15) is 0 Å². The molecule has 0 unspecified atom stereocenters. The van der Waals surface area contributed by atoms with Crippen molar-refractivity contribution >= 4 is 23.5 Å². The summed E-state index contributed by atoms with van der Waals surface area (Å²) >= 11 is 4.07. The Bertz CT molecular complexity index is 835. The molecular weight excluding hydrogens is 850 g/mol. The smallest absolute Gasteiger partial charge is 0.169 e. The lowest BCUT2D eigenvalue weighted by molar-refractivity contribution is -0.697. The van der Waals surface area contributed by atoms with E-state index in [1.165, 1.54) is 201 Å². The monoisotopic (exact) mass is 924 g/mol. The maximum absolute atomic E-state index is 2.38. The van der Waals surface area contributed by atoms with E-state index in [-0.39, 0.29) is 48.0 Å². The lowest BCUT2D eigenvalue weighted by atomic mass is 10.1. The number of hydrogen-bond donors (Lipinski definition) is 0. The van der Waals surface area contributed by atoms with Gasteiger partial charge in [-0.1, -0.05) is 142 Å². The Balaban J connectivity index is 0.0000110. The van der Waals surface area contributed by atoms with Gasteiger partial charge in [-0.15, -0.1) is 23.5 Å². The van der Waals surface area contributed by atoms with E-state index in [0.29, 0.717) is 0 Å². The van der Waals surface area contributed by atoms with Gasteiger partial charge in [0.1, 0.15) is 13.1 Å². The molecule has 0 radical (unpaired) electrons. The molecule has 0 aliphatic rings. The van der Waals surface area contributed by atoms with Gasteiger partial charge < -0.3 is 48.0 Å². The molecule has 2 aromatic heterocycles. The molecule has 0 aliphatic carbocycles. The summed E-state index contributed by atoms with van der Waals surface area (Å²) in [6.45, 7) is 6.94. The van der Waals surface area contributed by atoms with Crippen LogP contribution in [-0.2, 0) is 13.1 Å². The van der Waals surface area contributed by atoms with E-state index in [0.717, 1.165) is 0 Å². The van der Waals surface area contributed by atoms with Crippen LogP contribution < -0.4 is 57.1 Å². The molecule has 0 aromatic carbocycles. The first kappa shape index (κ1) is 48.5. The molecule has 278 valence electrons. The average molecular weight is 925 g/mol. The molecule has 0 spiro atoms. The minimum atomic E-state index is 0. The Morgan fingerprint density at radius 2 is 0.604 bits per heavy atom. The summed E-state index contributed by atoms with van der Waals surface area (Å²) in [6.07, 6.45) is 45.6. The van der Waals surface area contributed by atoms with Crippen LogP contribution in [0.15, 0.2) is 58.8 Å². The Morgan fingerprint density at radius 3 is 0.896 bits per heavy atom. The molecule has 2 nitrogen and oxygen atoms in total. The number of hydrogen-bond acceptors (Lipinski definition) is 2. The first-order chi connectivity index (χ1) is 22.8.